The Balaban J connectivity index is 2.78. The summed E-state index contributed by atoms with van der Waals surface area (Å²) in [5, 5.41) is 2.81. The molecule has 0 aliphatic rings. The zero-order valence-corrected chi connectivity index (χ0v) is 8.69. The minimum absolute atomic E-state index is 0.790. The Kier molecular flexibility index (Phi) is 3.50. The molecule has 0 N–H and O–H groups in total. The highest BCUT2D eigenvalue weighted by Gasteiger charge is 1.97. The van der Waals surface area contributed by atoms with Crippen molar-refractivity contribution in [3.8, 4) is 0 Å². The van der Waals surface area contributed by atoms with Gasteiger partial charge in [-0.15, -0.1) is 11.3 Å². The van der Waals surface area contributed by atoms with Crippen molar-refractivity contribution in [3.63, 3.8) is 0 Å². The number of rotatable bonds is 2. The van der Waals surface area contributed by atoms with E-state index in [0.29, 0.717) is 0 Å². The molecular weight excluding hydrogens is 190 g/mol. The summed E-state index contributed by atoms with van der Waals surface area (Å²) in [4.78, 5) is 1.11. The molecule has 1 heterocycles. The van der Waals surface area contributed by atoms with E-state index in [2.05, 4.69) is 0 Å². The van der Waals surface area contributed by atoms with Crippen LogP contribution >= 0.6 is 22.9 Å². The average Bonchev–Trinajstić information content (AvgIpc) is 2.51. The normalized spacial score (nSPS) is 11.4. The Morgan fingerprint density at radius 3 is 2.83 bits per heavy atom. The predicted molar refractivity (Wildman–Crippen MR) is 56.3 cm³/mol. The van der Waals surface area contributed by atoms with Crippen LogP contribution in [0.25, 0.3) is 5.03 Å². The number of thiophene rings is 1. The van der Waals surface area contributed by atoms with Crippen LogP contribution < -0.4 is 0 Å². The molecule has 0 saturated heterocycles. The molecule has 0 atom stereocenters. The molecule has 0 aromatic carbocycles. The minimum atomic E-state index is 0.790. The quantitative estimate of drug-likeness (QED) is 0.510. The summed E-state index contributed by atoms with van der Waals surface area (Å²) >= 11 is 7.65. The number of nitrogens with zero attached hydrogens (tertiary/aromatic N) is 1. The van der Waals surface area contributed by atoms with Gasteiger partial charge in [0.25, 0.3) is 0 Å². The van der Waals surface area contributed by atoms with Gasteiger partial charge >= 0.3 is 0 Å². The maximum absolute atomic E-state index is 6.01. The van der Waals surface area contributed by atoms with E-state index in [1.54, 1.807) is 11.3 Å². The van der Waals surface area contributed by atoms with Crippen LogP contribution in [0, 0.1) is 0 Å². The molecule has 0 saturated carbocycles. The van der Waals surface area contributed by atoms with Crippen LogP contribution in [0.4, 0.5) is 0 Å². The van der Waals surface area contributed by atoms with E-state index in [1.807, 2.05) is 48.5 Å². The highest BCUT2D eigenvalue weighted by Crippen LogP contribution is 2.22. The fourth-order valence-electron chi connectivity index (χ4n) is 0.711. The standard InChI is InChI=1S/C9H11ClNS/c1-11(2)6-5-8(10)9-4-3-7-12-9/h3-7H,1-2H3/q+1/b8-5+. The third kappa shape index (κ3) is 2.80. The summed E-state index contributed by atoms with van der Waals surface area (Å²) in [6.07, 6.45) is 3.83. The van der Waals surface area contributed by atoms with Crippen molar-refractivity contribution in [2.24, 2.45) is 0 Å². The molecular formula is C9H11ClNS+. The summed E-state index contributed by atoms with van der Waals surface area (Å²) < 4.78 is 1.95. The zero-order valence-electron chi connectivity index (χ0n) is 7.12. The topological polar surface area (TPSA) is 3.01 Å². The second kappa shape index (κ2) is 4.43. The van der Waals surface area contributed by atoms with Gasteiger partial charge in [0.15, 0.2) is 6.21 Å². The summed E-state index contributed by atoms with van der Waals surface area (Å²) in [6.45, 7) is 0. The lowest BCUT2D eigenvalue weighted by Gasteiger charge is -1.88. The maximum Gasteiger partial charge on any atom is 0.164 e. The maximum atomic E-state index is 6.01. The van der Waals surface area contributed by atoms with E-state index >= 15 is 0 Å². The molecule has 0 radical (unpaired) electrons. The molecule has 0 fully saturated rings. The Labute approximate surface area is 81.6 Å². The monoisotopic (exact) mass is 200 g/mol. The summed E-state index contributed by atoms with van der Waals surface area (Å²) in [5.41, 5.74) is 0. The first-order valence-electron chi connectivity index (χ1n) is 3.61. The first-order valence-corrected chi connectivity index (χ1v) is 4.87. The van der Waals surface area contributed by atoms with Gasteiger partial charge in [0, 0.05) is 11.0 Å². The second-order valence-corrected chi connectivity index (χ2v) is 3.96. The van der Waals surface area contributed by atoms with E-state index in [9.17, 15) is 0 Å². The highest BCUT2D eigenvalue weighted by molar-refractivity contribution is 7.12. The predicted octanol–water partition coefficient (Wildman–Crippen LogP) is 2.67. The second-order valence-electron chi connectivity index (χ2n) is 2.60. The van der Waals surface area contributed by atoms with E-state index in [-0.39, 0.29) is 0 Å². The molecule has 0 bridgehead atoms. The average molecular weight is 201 g/mol. The molecule has 0 aliphatic carbocycles. The van der Waals surface area contributed by atoms with E-state index < -0.39 is 0 Å². The van der Waals surface area contributed by atoms with Crippen LogP contribution in [0.5, 0.6) is 0 Å². The van der Waals surface area contributed by atoms with Crippen molar-refractivity contribution in [1.29, 1.82) is 0 Å². The van der Waals surface area contributed by atoms with E-state index in [1.165, 1.54) is 0 Å². The molecule has 1 aromatic heterocycles. The van der Waals surface area contributed by atoms with Crippen LogP contribution in [0.2, 0.25) is 0 Å². The van der Waals surface area contributed by atoms with Crippen LogP contribution in [0.15, 0.2) is 23.6 Å². The largest absolute Gasteiger partial charge is 0.241 e. The van der Waals surface area contributed by atoms with Crippen molar-refractivity contribution in [2.75, 3.05) is 14.1 Å². The lowest BCUT2D eigenvalue weighted by molar-refractivity contribution is -0.458. The Morgan fingerprint density at radius 2 is 2.33 bits per heavy atom. The molecule has 12 heavy (non-hydrogen) atoms. The molecule has 1 nitrogen and oxygen atoms in total. The lowest BCUT2D eigenvalue weighted by Crippen LogP contribution is -1.95. The van der Waals surface area contributed by atoms with Crippen molar-refractivity contribution in [1.82, 2.24) is 0 Å². The summed E-state index contributed by atoms with van der Waals surface area (Å²) in [5.74, 6) is 0. The van der Waals surface area contributed by atoms with Crippen molar-refractivity contribution in [3.05, 3.63) is 28.5 Å². The Hall–Kier alpha value is -0.600. The summed E-state index contributed by atoms with van der Waals surface area (Å²) in [6, 6.07) is 4.00. The van der Waals surface area contributed by atoms with Crippen LogP contribution in [0.1, 0.15) is 4.88 Å². The SMILES string of the molecule is C[N+](C)=C/C=C(/Cl)c1cccs1. The molecule has 0 aliphatic heterocycles. The van der Waals surface area contributed by atoms with Crippen LogP contribution in [-0.2, 0) is 0 Å². The Bertz CT molecular complexity index is 294. The molecule has 1 aromatic rings. The third-order valence-electron chi connectivity index (χ3n) is 1.28. The number of hydrogen-bond donors (Lipinski definition) is 0. The summed E-state index contributed by atoms with van der Waals surface area (Å²) in [7, 11) is 3.93. The fraction of sp³-hybridized carbons (Fsp3) is 0.222. The van der Waals surface area contributed by atoms with Crippen molar-refractivity contribution >= 4 is 34.2 Å². The van der Waals surface area contributed by atoms with Gasteiger partial charge in [-0.3, -0.25) is 0 Å². The van der Waals surface area contributed by atoms with E-state index in [0.717, 1.165) is 9.91 Å². The first kappa shape index (κ1) is 9.49. The van der Waals surface area contributed by atoms with E-state index in [4.69, 9.17) is 11.6 Å². The van der Waals surface area contributed by atoms with Gasteiger partial charge in [-0.25, -0.2) is 4.58 Å². The smallest absolute Gasteiger partial charge is 0.164 e. The minimum Gasteiger partial charge on any atom is -0.241 e. The molecule has 0 spiro atoms. The van der Waals surface area contributed by atoms with Crippen LogP contribution in [0.3, 0.4) is 0 Å². The first-order chi connectivity index (χ1) is 5.70. The van der Waals surface area contributed by atoms with Crippen LogP contribution in [-0.4, -0.2) is 24.9 Å². The molecule has 3 heteroatoms. The highest BCUT2D eigenvalue weighted by atomic mass is 35.5. The Morgan fingerprint density at radius 1 is 1.58 bits per heavy atom. The molecule has 1 rings (SSSR count). The fourth-order valence-corrected chi connectivity index (χ4v) is 1.61. The number of halogens is 1. The molecule has 0 amide bonds. The molecule has 0 unspecified atom stereocenters. The van der Waals surface area contributed by atoms with Gasteiger partial charge in [-0.1, -0.05) is 17.7 Å². The van der Waals surface area contributed by atoms with Gasteiger partial charge in [0.05, 0.1) is 5.03 Å². The van der Waals surface area contributed by atoms with Crippen molar-refractivity contribution < 1.29 is 4.58 Å². The van der Waals surface area contributed by atoms with Gasteiger partial charge in [-0.05, 0) is 11.4 Å². The third-order valence-corrected chi connectivity index (χ3v) is 2.62. The lowest BCUT2D eigenvalue weighted by atomic mass is 10.4. The van der Waals surface area contributed by atoms with Crippen molar-refractivity contribution in [2.45, 2.75) is 0 Å². The van der Waals surface area contributed by atoms with Gasteiger partial charge in [0.1, 0.15) is 14.1 Å². The molecule has 64 valence electrons. The zero-order chi connectivity index (χ0) is 8.97. The number of hydrogen-bond acceptors (Lipinski definition) is 1. The van der Waals surface area contributed by atoms with Gasteiger partial charge in [-0.2, -0.15) is 0 Å². The van der Waals surface area contributed by atoms with Gasteiger partial charge < -0.3 is 0 Å². The number of allylic oxidation sites excluding steroid dienone is 1. The van der Waals surface area contributed by atoms with Gasteiger partial charge in [0.2, 0.25) is 0 Å².